The van der Waals surface area contributed by atoms with Crippen molar-refractivity contribution >= 4 is 46.0 Å². The van der Waals surface area contributed by atoms with Crippen molar-refractivity contribution in [2.45, 2.75) is 26.4 Å². The Bertz CT molecular complexity index is 1380. The molecule has 0 aliphatic rings. The fraction of sp³-hybridized carbons (Fsp3) is 0.154. The summed E-state index contributed by atoms with van der Waals surface area (Å²) in [5, 5.41) is 4.00. The summed E-state index contributed by atoms with van der Waals surface area (Å²) in [5.74, 6) is -1.51. The van der Waals surface area contributed by atoms with Crippen molar-refractivity contribution in [2.75, 3.05) is 5.32 Å². The Hall–Kier alpha value is -3.97. The van der Waals surface area contributed by atoms with E-state index in [1.54, 1.807) is 37.4 Å². The number of ether oxygens (including phenoxy) is 1. The zero-order valence-corrected chi connectivity index (χ0v) is 19.2. The highest BCUT2D eigenvalue weighted by Crippen LogP contribution is 2.30. The first kappa shape index (κ1) is 23.2. The summed E-state index contributed by atoms with van der Waals surface area (Å²) < 4.78 is 5.38. The van der Waals surface area contributed by atoms with Crippen LogP contribution >= 0.6 is 11.6 Å². The number of hydrogen-bond acceptors (Lipinski definition) is 5. The molecule has 0 bridgehead atoms. The quantitative estimate of drug-likeness (QED) is 0.273. The number of aromatic amines is 1. The van der Waals surface area contributed by atoms with E-state index in [0.717, 1.165) is 22.1 Å². The zero-order chi connectivity index (χ0) is 24.1. The Kier molecular flexibility index (Phi) is 7.04. The molecule has 8 heteroatoms. The number of anilines is 1. The predicted octanol–water partition coefficient (Wildman–Crippen LogP) is 5.09. The molecule has 4 aromatic rings. The second kappa shape index (κ2) is 10.3. The summed E-state index contributed by atoms with van der Waals surface area (Å²) in [4.78, 5) is 43.5. The average Bonchev–Trinajstić information content (AvgIpc) is 3.26. The van der Waals surface area contributed by atoms with E-state index in [0.29, 0.717) is 21.9 Å². The van der Waals surface area contributed by atoms with Gasteiger partial charge in [-0.25, -0.2) is 4.98 Å². The minimum atomic E-state index is -0.641. The first-order chi connectivity index (χ1) is 16.4. The summed E-state index contributed by atoms with van der Waals surface area (Å²) in [6, 6.07) is 16.3. The number of amides is 1. The first-order valence-corrected chi connectivity index (χ1v) is 11.1. The number of rotatable bonds is 8. The fourth-order valence-electron chi connectivity index (χ4n) is 3.50. The predicted molar refractivity (Wildman–Crippen MR) is 130 cm³/mol. The van der Waals surface area contributed by atoms with Gasteiger partial charge >= 0.3 is 5.97 Å². The smallest absolute Gasteiger partial charge is 0.310 e. The van der Waals surface area contributed by atoms with Gasteiger partial charge in [0.15, 0.2) is 0 Å². The molecule has 2 aromatic heterocycles. The van der Waals surface area contributed by atoms with Crippen LogP contribution in [0.5, 0.6) is 0 Å². The monoisotopic (exact) mass is 475 g/mol. The summed E-state index contributed by atoms with van der Waals surface area (Å²) in [6.07, 6.45) is 3.65. The standard InChI is InChI=1S/C26H22ClN3O4/c1-2-23(31)26(33)30-19-8-5-7-17(12-19)21-14-29-25-20(21)10-16(13-28-25)11-24(32)34-15-18-6-3-4-9-22(18)27/h3-10,12-14H,2,11,15H2,1H3,(H,28,29)(H,30,33). The lowest BCUT2D eigenvalue weighted by molar-refractivity contribution is -0.144. The summed E-state index contributed by atoms with van der Waals surface area (Å²) in [6.45, 7) is 1.74. The molecular weight excluding hydrogens is 454 g/mol. The molecule has 4 rings (SSSR count). The number of carbonyl (C=O) groups excluding carboxylic acids is 3. The van der Waals surface area contributed by atoms with Gasteiger partial charge in [-0.2, -0.15) is 0 Å². The minimum absolute atomic E-state index is 0.0627. The number of Topliss-reactive ketones (excluding diaryl/α,β-unsaturated/α-hetero) is 1. The molecule has 2 aromatic carbocycles. The van der Waals surface area contributed by atoms with Gasteiger partial charge in [0.1, 0.15) is 12.3 Å². The van der Waals surface area contributed by atoms with Crippen LogP contribution in [-0.4, -0.2) is 27.6 Å². The van der Waals surface area contributed by atoms with Crippen LogP contribution in [0.15, 0.2) is 67.0 Å². The van der Waals surface area contributed by atoms with E-state index in [1.807, 2.05) is 36.5 Å². The van der Waals surface area contributed by atoms with Crippen LogP contribution < -0.4 is 5.32 Å². The normalized spacial score (nSPS) is 10.8. The Morgan fingerprint density at radius 3 is 2.71 bits per heavy atom. The first-order valence-electron chi connectivity index (χ1n) is 10.7. The highest BCUT2D eigenvalue weighted by atomic mass is 35.5. The maximum Gasteiger partial charge on any atom is 0.310 e. The number of pyridine rings is 1. The molecule has 0 saturated carbocycles. The van der Waals surface area contributed by atoms with Gasteiger partial charge in [0.2, 0.25) is 5.78 Å². The molecule has 1 amide bonds. The highest BCUT2D eigenvalue weighted by molar-refractivity contribution is 6.40. The van der Waals surface area contributed by atoms with E-state index < -0.39 is 11.7 Å². The number of benzene rings is 2. The third-order valence-corrected chi connectivity index (χ3v) is 5.66. The second-order valence-electron chi connectivity index (χ2n) is 7.68. The van der Waals surface area contributed by atoms with Crippen LogP contribution in [0.2, 0.25) is 5.02 Å². The molecule has 2 heterocycles. The average molecular weight is 476 g/mol. The SMILES string of the molecule is CCC(=O)C(=O)Nc1cccc(-c2c[nH]c3ncc(CC(=O)OCc4ccccc4Cl)cc23)c1. The van der Waals surface area contributed by atoms with Gasteiger partial charge in [0, 0.05) is 46.0 Å². The van der Waals surface area contributed by atoms with Crippen LogP contribution in [0.1, 0.15) is 24.5 Å². The lowest BCUT2D eigenvalue weighted by Crippen LogP contribution is -2.21. The Morgan fingerprint density at radius 1 is 1.09 bits per heavy atom. The molecule has 0 spiro atoms. The van der Waals surface area contributed by atoms with Crippen LogP contribution in [0.3, 0.4) is 0 Å². The Balaban J connectivity index is 1.51. The number of nitrogens with zero attached hydrogens (tertiary/aromatic N) is 1. The van der Waals surface area contributed by atoms with Crippen molar-refractivity contribution in [3.05, 3.63) is 83.1 Å². The van der Waals surface area contributed by atoms with Crippen LogP contribution in [0, 0.1) is 0 Å². The maximum atomic E-state index is 12.4. The minimum Gasteiger partial charge on any atom is -0.460 e. The fourth-order valence-corrected chi connectivity index (χ4v) is 3.69. The molecule has 7 nitrogen and oxygen atoms in total. The summed E-state index contributed by atoms with van der Waals surface area (Å²) >= 11 is 6.11. The molecule has 0 atom stereocenters. The van der Waals surface area contributed by atoms with Gasteiger partial charge < -0.3 is 15.0 Å². The summed E-state index contributed by atoms with van der Waals surface area (Å²) in [5.41, 5.74) is 4.31. The number of hydrogen-bond donors (Lipinski definition) is 2. The Labute approximate surface area is 201 Å². The molecule has 0 aliphatic carbocycles. The molecule has 0 aliphatic heterocycles. The van der Waals surface area contributed by atoms with Gasteiger partial charge in [-0.15, -0.1) is 0 Å². The van der Waals surface area contributed by atoms with Crippen LogP contribution in [-0.2, 0) is 32.1 Å². The van der Waals surface area contributed by atoms with Crippen LogP contribution in [0.4, 0.5) is 5.69 Å². The van der Waals surface area contributed by atoms with Gasteiger partial charge in [-0.05, 0) is 35.4 Å². The van der Waals surface area contributed by atoms with Crippen molar-refractivity contribution in [2.24, 2.45) is 0 Å². The molecule has 0 unspecified atom stereocenters. The van der Waals surface area contributed by atoms with E-state index in [9.17, 15) is 14.4 Å². The van der Waals surface area contributed by atoms with E-state index in [-0.39, 0.29) is 25.4 Å². The van der Waals surface area contributed by atoms with Crippen molar-refractivity contribution in [3.63, 3.8) is 0 Å². The number of esters is 1. The number of H-pyrrole nitrogens is 1. The van der Waals surface area contributed by atoms with Gasteiger partial charge in [0.25, 0.3) is 5.91 Å². The third-order valence-electron chi connectivity index (χ3n) is 5.29. The molecule has 34 heavy (non-hydrogen) atoms. The van der Waals surface area contributed by atoms with Crippen molar-refractivity contribution in [1.29, 1.82) is 0 Å². The zero-order valence-electron chi connectivity index (χ0n) is 18.4. The molecule has 0 saturated heterocycles. The van der Waals surface area contributed by atoms with E-state index in [1.165, 1.54) is 0 Å². The molecule has 172 valence electrons. The second-order valence-corrected chi connectivity index (χ2v) is 8.09. The Morgan fingerprint density at radius 2 is 1.91 bits per heavy atom. The third kappa shape index (κ3) is 5.32. The number of halogens is 1. The molecule has 0 radical (unpaired) electrons. The molecular formula is C26H22ClN3O4. The van der Waals surface area contributed by atoms with Crippen LogP contribution in [0.25, 0.3) is 22.2 Å². The van der Waals surface area contributed by atoms with Gasteiger partial charge in [-0.3, -0.25) is 14.4 Å². The lowest BCUT2D eigenvalue weighted by atomic mass is 10.0. The van der Waals surface area contributed by atoms with Gasteiger partial charge in [-0.1, -0.05) is 48.9 Å². The molecule has 2 N–H and O–H groups in total. The van der Waals surface area contributed by atoms with E-state index >= 15 is 0 Å². The lowest BCUT2D eigenvalue weighted by Gasteiger charge is -2.08. The number of nitrogens with one attached hydrogen (secondary N) is 2. The van der Waals surface area contributed by atoms with Crippen molar-refractivity contribution in [3.8, 4) is 11.1 Å². The number of fused-ring (bicyclic) bond motifs is 1. The summed E-state index contributed by atoms with van der Waals surface area (Å²) in [7, 11) is 0. The number of aromatic nitrogens is 2. The maximum absolute atomic E-state index is 12.4. The topological polar surface area (TPSA) is 101 Å². The van der Waals surface area contributed by atoms with E-state index in [2.05, 4.69) is 15.3 Å². The van der Waals surface area contributed by atoms with Gasteiger partial charge in [0.05, 0.1) is 6.42 Å². The highest BCUT2D eigenvalue weighted by Gasteiger charge is 2.14. The molecule has 0 fully saturated rings. The number of ketones is 1. The van der Waals surface area contributed by atoms with Crippen molar-refractivity contribution < 1.29 is 19.1 Å². The number of carbonyl (C=O) groups is 3. The largest absolute Gasteiger partial charge is 0.460 e. The van der Waals surface area contributed by atoms with E-state index in [4.69, 9.17) is 16.3 Å². The van der Waals surface area contributed by atoms with Crippen molar-refractivity contribution in [1.82, 2.24) is 9.97 Å².